The molecule has 0 spiro atoms. The SMILES string of the molecule is CN(c1ccncc1)c1ccc(C(=O)N2CCN(C(=O)Nc3ccc4c(c3)Cc3ccccc3-4)CC2)cc1. The van der Waals surface area contributed by atoms with Crippen molar-refractivity contribution in [1.82, 2.24) is 14.8 Å². The van der Waals surface area contributed by atoms with E-state index in [9.17, 15) is 9.59 Å². The van der Waals surface area contributed by atoms with Gasteiger partial charge in [0.05, 0.1) is 0 Å². The number of rotatable bonds is 4. The Balaban J connectivity index is 1.04. The van der Waals surface area contributed by atoms with E-state index in [1.165, 1.54) is 22.3 Å². The Hall–Kier alpha value is -4.65. The van der Waals surface area contributed by atoms with Crippen molar-refractivity contribution in [2.75, 3.05) is 43.4 Å². The summed E-state index contributed by atoms with van der Waals surface area (Å²) in [7, 11) is 1.98. The van der Waals surface area contributed by atoms with Crippen LogP contribution < -0.4 is 10.2 Å². The van der Waals surface area contributed by atoms with Crippen LogP contribution in [0.3, 0.4) is 0 Å². The fraction of sp³-hybridized carbons (Fsp3) is 0.194. The Morgan fingerprint density at radius 3 is 2.18 bits per heavy atom. The van der Waals surface area contributed by atoms with Gasteiger partial charge in [0.2, 0.25) is 0 Å². The normalized spacial score (nSPS) is 14.0. The van der Waals surface area contributed by atoms with E-state index in [2.05, 4.69) is 46.7 Å². The van der Waals surface area contributed by atoms with Crippen LogP contribution in [0.5, 0.6) is 0 Å². The van der Waals surface area contributed by atoms with Crippen molar-refractivity contribution in [3.8, 4) is 11.1 Å². The number of urea groups is 1. The molecule has 2 heterocycles. The molecule has 0 atom stereocenters. The molecule has 3 aromatic carbocycles. The number of nitrogens with zero attached hydrogens (tertiary/aromatic N) is 4. The molecule has 4 aromatic rings. The lowest BCUT2D eigenvalue weighted by molar-refractivity contribution is 0.0671. The predicted molar refractivity (Wildman–Crippen MR) is 150 cm³/mol. The summed E-state index contributed by atoms with van der Waals surface area (Å²) in [5.74, 6) is -0.0126. The summed E-state index contributed by atoms with van der Waals surface area (Å²) in [5.41, 5.74) is 8.54. The van der Waals surface area contributed by atoms with Gasteiger partial charge in [-0.2, -0.15) is 0 Å². The molecule has 2 aliphatic rings. The number of carbonyl (C=O) groups is 2. The third-order valence-corrected chi connectivity index (χ3v) is 7.45. The van der Waals surface area contributed by atoms with Gasteiger partial charge >= 0.3 is 6.03 Å². The molecular formula is C31H29N5O2. The Bertz CT molecular complexity index is 1480. The van der Waals surface area contributed by atoms with Crippen LogP contribution in [0.2, 0.25) is 0 Å². The lowest BCUT2D eigenvalue weighted by Crippen LogP contribution is -2.51. The smallest absolute Gasteiger partial charge is 0.321 e. The zero-order valence-electron chi connectivity index (χ0n) is 21.3. The summed E-state index contributed by atoms with van der Waals surface area (Å²) in [6, 6.07) is 25.9. The molecule has 7 heteroatoms. The minimum absolute atomic E-state index is 0.0126. The average molecular weight is 504 g/mol. The molecule has 6 rings (SSSR count). The number of carbonyl (C=O) groups excluding carboxylic acids is 2. The number of fused-ring (bicyclic) bond motifs is 3. The van der Waals surface area contributed by atoms with E-state index in [4.69, 9.17) is 0 Å². The number of amides is 3. The summed E-state index contributed by atoms with van der Waals surface area (Å²) in [5, 5.41) is 3.05. The zero-order valence-corrected chi connectivity index (χ0v) is 21.3. The first kappa shape index (κ1) is 23.7. The highest BCUT2D eigenvalue weighted by atomic mass is 16.2. The molecule has 1 fully saturated rings. The Morgan fingerprint density at radius 1 is 0.763 bits per heavy atom. The van der Waals surface area contributed by atoms with Crippen LogP contribution in [0, 0.1) is 0 Å². The first-order valence-corrected chi connectivity index (χ1v) is 12.9. The minimum Gasteiger partial charge on any atom is -0.345 e. The summed E-state index contributed by atoms with van der Waals surface area (Å²) >= 11 is 0. The first-order chi connectivity index (χ1) is 18.6. The highest BCUT2D eigenvalue weighted by Crippen LogP contribution is 2.37. The van der Waals surface area contributed by atoms with Crippen LogP contribution >= 0.6 is 0 Å². The van der Waals surface area contributed by atoms with Gasteiger partial charge in [-0.3, -0.25) is 9.78 Å². The van der Waals surface area contributed by atoms with Crippen LogP contribution in [0.4, 0.5) is 21.9 Å². The van der Waals surface area contributed by atoms with Crippen molar-refractivity contribution >= 4 is 29.0 Å². The summed E-state index contributed by atoms with van der Waals surface area (Å²) in [6.07, 6.45) is 4.40. The number of anilines is 3. The van der Waals surface area contributed by atoms with Crippen LogP contribution in [0.25, 0.3) is 11.1 Å². The molecular weight excluding hydrogens is 474 g/mol. The van der Waals surface area contributed by atoms with Crippen LogP contribution in [0.1, 0.15) is 21.5 Å². The van der Waals surface area contributed by atoms with Crippen LogP contribution in [-0.4, -0.2) is 59.9 Å². The zero-order chi connectivity index (χ0) is 26.1. The molecule has 38 heavy (non-hydrogen) atoms. The number of nitrogens with one attached hydrogen (secondary N) is 1. The van der Waals surface area contributed by atoms with E-state index in [1.54, 1.807) is 17.3 Å². The van der Waals surface area contributed by atoms with Crippen molar-refractivity contribution in [2.45, 2.75) is 6.42 Å². The summed E-state index contributed by atoms with van der Waals surface area (Å²) in [4.78, 5) is 35.8. The largest absolute Gasteiger partial charge is 0.345 e. The molecule has 1 aliphatic carbocycles. The van der Waals surface area contributed by atoms with Gasteiger partial charge in [-0.15, -0.1) is 0 Å². The molecule has 0 saturated carbocycles. The number of hydrogen-bond acceptors (Lipinski definition) is 4. The second kappa shape index (κ2) is 10.0. The summed E-state index contributed by atoms with van der Waals surface area (Å²) in [6.45, 7) is 2.00. The Kier molecular flexibility index (Phi) is 6.25. The van der Waals surface area contributed by atoms with Gasteiger partial charge < -0.3 is 20.0 Å². The number of piperazine rings is 1. The monoisotopic (exact) mass is 503 g/mol. The van der Waals surface area contributed by atoms with Crippen LogP contribution in [0.15, 0.2) is 91.3 Å². The van der Waals surface area contributed by atoms with Crippen molar-refractivity contribution < 1.29 is 9.59 Å². The second-order valence-electron chi connectivity index (χ2n) is 9.73. The van der Waals surface area contributed by atoms with Crippen LogP contribution in [-0.2, 0) is 6.42 Å². The van der Waals surface area contributed by atoms with E-state index >= 15 is 0 Å². The third-order valence-electron chi connectivity index (χ3n) is 7.45. The Morgan fingerprint density at radius 2 is 1.42 bits per heavy atom. The standard InChI is InChI=1S/C31H29N5O2/c1-34(27-12-14-32-15-13-27)26-9-6-22(7-10-26)30(37)35-16-18-36(19-17-35)31(38)33-25-8-11-29-24(21-25)20-23-4-2-3-5-28(23)29/h2-15,21H,16-20H2,1H3,(H,33,38). The van der Waals surface area contributed by atoms with Gasteiger partial charge in [0.15, 0.2) is 0 Å². The molecule has 1 saturated heterocycles. The van der Waals surface area contributed by atoms with Gasteiger partial charge in [0.25, 0.3) is 5.91 Å². The van der Waals surface area contributed by atoms with E-state index in [-0.39, 0.29) is 11.9 Å². The van der Waals surface area contributed by atoms with Gasteiger partial charge in [-0.05, 0) is 77.2 Å². The molecule has 7 nitrogen and oxygen atoms in total. The maximum atomic E-state index is 13.1. The van der Waals surface area contributed by atoms with Crippen molar-refractivity contribution in [3.63, 3.8) is 0 Å². The second-order valence-corrected chi connectivity index (χ2v) is 9.73. The lowest BCUT2D eigenvalue weighted by Gasteiger charge is -2.34. The molecule has 0 bridgehead atoms. The van der Waals surface area contributed by atoms with Gasteiger partial charge in [0.1, 0.15) is 0 Å². The number of aromatic nitrogens is 1. The van der Waals surface area contributed by atoms with Crippen molar-refractivity contribution in [3.05, 3.63) is 108 Å². The molecule has 1 N–H and O–H groups in total. The van der Waals surface area contributed by atoms with Crippen molar-refractivity contribution in [1.29, 1.82) is 0 Å². The molecule has 1 aliphatic heterocycles. The molecule has 3 amide bonds. The Labute approximate surface area is 222 Å². The maximum absolute atomic E-state index is 13.1. The lowest BCUT2D eigenvalue weighted by atomic mass is 10.1. The van der Waals surface area contributed by atoms with Gasteiger partial charge in [0, 0.05) is 68.2 Å². The number of hydrogen-bond donors (Lipinski definition) is 1. The fourth-order valence-electron chi connectivity index (χ4n) is 5.26. The fourth-order valence-corrected chi connectivity index (χ4v) is 5.26. The topological polar surface area (TPSA) is 68.8 Å². The van der Waals surface area contributed by atoms with E-state index in [1.807, 2.05) is 59.3 Å². The van der Waals surface area contributed by atoms with Gasteiger partial charge in [-0.25, -0.2) is 4.79 Å². The average Bonchev–Trinajstić information content (AvgIpc) is 3.35. The number of pyridine rings is 1. The van der Waals surface area contributed by atoms with E-state index < -0.39 is 0 Å². The minimum atomic E-state index is -0.129. The van der Waals surface area contributed by atoms with Gasteiger partial charge in [-0.1, -0.05) is 30.3 Å². The first-order valence-electron chi connectivity index (χ1n) is 12.9. The quantitative estimate of drug-likeness (QED) is 0.356. The summed E-state index contributed by atoms with van der Waals surface area (Å²) < 4.78 is 0. The van der Waals surface area contributed by atoms with Crippen molar-refractivity contribution in [2.24, 2.45) is 0 Å². The predicted octanol–water partition coefficient (Wildman–Crippen LogP) is 5.41. The highest BCUT2D eigenvalue weighted by molar-refractivity contribution is 5.95. The third kappa shape index (κ3) is 4.59. The molecule has 0 unspecified atom stereocenters. The highest BCUT2D eigenvalue weighted by Gasteiger charge is 2.25. The van der Waals surface area contributed by atoms with E-state index in [0.717, 1.165) is 23.5 Å². The maximum Gasteiger partial charge on any atom is 0.321 e. The molecule has 1 aromatic heterocycles. The molecule has 0 radical (unpaired) electrons. The number of benzene rings is 3. The van der Waals surface area contributed by atoms with E-state index in [0.29, 0.717) is 31.7 Å². The molecule has 190 valence electrons.